The fourth-order valence-corrected chi connectivity index (χ4v) is 3.12. The lowest BCUT2D eigenvalue weighted by molar-refractivity contribution is -0.126. The van der Waals surface area contributed by atoms with Gasteiger partial charge in [-0.1, -0.05) is 38.1 Å². The van der Waals surface area contributed by atoms with Gasteiger partial charge >= 0.3 is 0 Å². The fourth-order valence-electron chi connectivity index (χ4n) is 3.12. The lowest BCUT2D eigenvalue weighted by Gasteiger charge is -2.35. The van der Waals surface area contributed by atoms with Crippen LogP contribution in [-0.4, -0.2) is 17.6 Å². The monoisotopic (exact) mass is 275 g/mol. The Bertz CT molecular complexity index is 468. The zero-order valence-electron chi connectivity index (χ0n) is 12.5. The van der Waals surface area contributed by atoms with Crippen LogP contribution in [0.2, 0.25) is 0 Å². The summed E-state index contributed by atoms with van der Waals surface area (Å²) in [6.07, 6.45) is 4.38. The zero-order valence-corrected chi connectivity index (χ0v) is 12.5. The van der Waals surface area contributed by atoms with Gasteiger partial charge in [0.25, 0.3) is 0 Å². The molecule has 1 amide bonds. The van der Waals surface area contributed by atoms with Gasteiger partial charge in [-0.25, -0.2) is 0 Å². The average Bonchev–Trinajstić information content (AvgIpc) is 2.47. The Morgan fingerprint density at radius 2 is 2.05 bits per heavy atom. The minimum atomic E-state index is -0.906. The molecule has 2 rings (SSSR count). The third-order valence-electron chi connectivity index (χ3n) is 4.47. The quantitative estimate of drug-likeness (QED) is 0.868. The Labute approximate surface area is 121 Å². The Hall–Kier alpha value is -1.35. The molecule has 0 fully saturated rings. The van der Waals surface area contributed by atoms with Crippen LogP contribution in [0.5, 0.6) is 0 Å². The van der Waals surface area contributed by atoms with E-state index in [0.717, 1.165) is 31.2 Å². The van der Waals surface area contributed by atoms with Crippen LogP contribution in [0.25, 0.3) is 0 Å². The second-order valence-corrected chi connectivity index (χ2v) is 5.77. The normalized spacial score (nSPS) is 21.6. The standard InChI is InChI=1S/C17H25NO2/c1-3-13(4-2)16(19)18-12-17(20)11-7-9-14-8-5-6-10-15(14)17/h5-6,8,10,13,20H,3-4,7,9,11-12H2,1-2H3,(H,18,19). The molecule has 1 aliphatic carbocycles. The van der Waals surface area contributed by atoms with E-state index in [0.29, 0.717) is 13.0 Å². The van der Waals surface area contributed by atoms with Crippen LogP contribution in [0.15, 0.2) is 24.3 Å². The zero-order chi connectivity index (χ0) is 14.6. The highest BCUT2D eigenvalue weighted by atomic mass is 16.3. The first-order chi connectivity index (χ1) is 9.60. The van der Waals surface area contributed by atoms with E-state index in [-0.39, 0.29) is 11.8 Å². The average molecular weight is 275 g/mol. The van der Waals surface area contributed by atoms with Crippen molar-refractivity contribution in [3.63, 3.8) is 0 Å². The first kappa shape index (κ1) is 15.0. The molecule has 1 atom stereocenters. The number of carbonyl (C=O) groups is 1. The predicted molar refractivity (Wildman–Crippen MR) is 80.4 cm³/mol. The third kappa shape index (κ3) is 3.04. The summed E-state index contributed by atoms with van der Waals surface area (Å²) in [7, 11) is 0. The Balaban J connectivity index is 2.08. The van der Waals surface area contributed by atoms with Gasteiger partial charge in [-0.2, -0.15) is 0 Å². The number of aryl methyl sites for hydroxylation is 1. The van der Waals surface area contributed by atoms with Crippen LogP contribution in [0, 0.1) is 5.92 Å². The molecule has 1 aromatic carbocycles. The van der Waals surface area contributed by atoms with Crippen molar-refractivity contribution in [3.8, 4) is 0 Å². The molecule has 0 bridgehead atoms. The van der Waals surface area contributed by atoms with Gasteiger partial charge in [-0.05, 0) is 43.2 Å². The molecular formula is C17H25NO2. The molecule has 1 aliphatic rings. The lowest BCUT2D eigenvalue weighted by atomic mass is 9.79. The molecule has 0 saturated heterocycles. The van der Waals surface area contributed by atoms with E-state index in [9.17, 15) is 9.90 Å². The number of hydrogen-bond donors (Lipinski definition) is 2. The molecule has 1 aromatic rings. The van der Waals surface area contributed by atoms with Gasteiger partial charge in [-0.15, -0.1) is 0 Å². The maximum atomic E-state index is 12.1. The van der Waals surface area contributed by atoms with Crippen LogP contribution in [0.3, 0.4) is 0 Å². The van der Waals surface area contributed by atoms with E-state index in [1.165, 1.54) is 5.56 Å². The number of aliphatic hydroxyl groups is 1. The van der Waals surface area contributed by atoms with Crippen molar-refractivity contribution in [1.29, 1.82) is 0 Å². The molecule has 0 radical (unpaired) electrons. The van der Waals surface area contributed by atoms with E-state index >= 15 is 0 Å². The summed E-state index contributed by atoms with van der Waals surface area (Å²) in [4.78, 5) is 12.1. The molecule has 110 valence electrons. The van der Waals surface area contributed by atoms with Gasteiger partial charge in [-0.3, -0.25) is 4.79 Å². The molecule has 3 nitrogen and oxygen atoms in total. The molecule has 0 aromatic heterocycles. The summed E-state index contributed by atoms with van der Waals surface area (Å²) < 4.78 is 0. The topological polar surface area (TPSA) is 49.3 Å². The molecule has 0 saturated carbocycles. The van der Waals surface area contributed by atoms with Crippen LogP contribution in [0.1, 0.15) is 50.7 Å². The number of amides is 1. The van der Waals surface area contributed by atoms with E-state index < -0.39 is 5.60 Å². The van der Waals surface area contributed by atoms with Crippen molar-refractivity contribution in [3.05, 3.63) is 35.4 Å². The molecule has 3 heteroatoms. The second-order valence-electron chi connectivity index (χ2n) is 5.77. The third-order valence-corrected chi connectivity index (χ3v) is 4.47. The van der Waals surface area contributed by atoms with E-state index in [1.807, 2.05) is 32.0 Å². The molecule has 0 heterocycles. The van der Waals surface area contributed by atoms with Gasteiger partial charge in [0.15, 0.2) is 0 Å². The fraction of sp³-hybridized carbons (Fsp3) is 0.588. The van der Waals surface area contributed by atoms with E-state index in [1.54, 1.807) is 0 Å². The summed E-state index contributed by atoms with van der Waals surface area (Å²) in [5, 5.41) is 13.8. The summed E-state index contributed by atoms with van der Waals surface area (Å²) in [6, 6.07) is 8.02. The number of hydrogen-bond acceptors (Lipinski definition) is 2. The summed E-state index contributed by atoms with van der Waals surface area (Å²) in [6.45, 7) is 4.37. The van der Waals surface area contributed by atoms with Crippen molar-refractivity contribution in [2.24, 2.45) is 5.92 Å². The minimum Gasteiger partial charge on any atom is -0.383 e. The highest BCUT2D eigenvalue weighted by Crippen LogP contribution is 2.34. The molecule has 2 N–H and O–H groups in total. The highest BCUT2D eigenvalue weighted by Gasteiger charge is 2.34. The van der Waals surface area contributed by atoms with Gasteiger partial charge in [0.2, 0.25) is 5.91 Å². The molecule has 1 unspecified atom stereocenters. The number of carbonyl (C=O) groups excluding carboxylic acids is 1. The summed E-state index contributed by atoms with van der Waals surface area (Å²) in [5.41, 5.74) is 1.28. The van der Waals surface area contributed by atoms with Crippen LogP contribution >= 0.6 is 0 Å². The van der Waals surface area contributed by atoms with Crippen molar-refractivity contribution in [1.82, 2.24) is 5.32 Å². The Morgan fingerprint density at radius 1 is 1.35 bits per heavy atom. The first-order valence-electron chi connectivity index (χ1n) is 7.69. The SMILES string of the molecule is CCC(CC)C(=O)NCC1(O)CCCc2ccccc21. The molecule has 0 aliphatic heterocycles. The molecular weight excluding hydrogens is 250 g/mol. The highest BCUT2D eigenvalue weighted by molar-refractivity contribution is 5.78. The van der Waals surface area contributed by atoms with E-state index in [2.05, 4.69) is 11.4 Å². The van der Waals surface area contributed by atoms with Crippen molar-refractivity contribution in [2.45, 2.75) is 51.6 Å². The van der Waals surface area contributed by atoms with Crippen LogP contribution < -0.4 is 5.32 Å². The maximum Gasteiger partial charge on any atom is 0.223 e. The predicted octanol–water partition coefficient (Wildman–Crippen LogP) is 2.76. The summed E-state index contributed by atoms with van der Waals surface area (Å²) in [5.74, 6) is 0.115. The van der Waals surface area contributed by atoms with Crippen molar-refractivity contribution >= 4 is 5.91 Å². The number of rotatable bonds is 5. The van der Waals surface area contributed by atoms with Crippen LogP contribution in [-0.2, 0) is 16.8 Å². The van der Waals surface area contributed by atoms with Gasteiger partial charge in [0.05, 0.1) is 6.54 Å². The van der Waals surface area contributed by atoms with Gasteiger partial charge in [0.1, 0.15) is 5.60 Å². The summed E-state index contributed by atoms with van der Waals surface area (Å²) >= 11 is 0. The van der Waals surface area contributed by atoms with Crippen molar-refractivity contribution < 1.29 is 9.90 Å². The number of fused-ring (bicyclic) bond motifs is 1. The maximum absolute atomic E-state index is 12.1. The van der Waals surface area contributed by atoms with Crippen LogP contribution in [0.4, 0.5) is 0 Å². The lowest BCUT2D eigenvalue weighted by Crippen LogP contribution is -2.44. The van der Waals surface area contributed by atoms with Gasteiger partial charge in [0, 0.05) is 5.92 Å². The molecule has 0 spiro atoms. The largest absolute Gasteiger partial charge is 0.383 e. The Morgan fingerprint density at radius 3 is 2.75 bits per heavy atom. The number of benzene rings is 1. The first-order valence-corrected chi connectivity index (χ1v) is 7.69. The minimum absolute atomic E-state index is 0.0532. The number of nitrogens with one attached hydrogen (secondary N) is 1. The van der Waals surface area contributed by atoms with Gasteiger partial charge < -0.3 is 10.4 Å². The smallest absolute Gasteiger partial charge is 0.223 e. The molecule has 20 heavy (non-hydrogen) atoms. The van der Waals surface area contributed by atoms with Crippen molar-refractivity contribution in [2.75, 3.05) is 6.54 Å². The Kier molecular flexibility index (Phi) is 4.81. The van der Waals surface area contributed by atoms with E-state index in [4.69, 9.17) is 0 Å². The second kappa shape index (κ2) is 6.40.